The number of rotatable bonds is 4. The van der Waals surface area contributed by atoms with Crippen LogP contribution < -0.4 is 11.1 Å². The minimum absolute atomic E-state index is 0.202. The Hall–Kier alpha value is -2.41. The molecular formula is C15H17N3O. The number of hydrogen-bond donors (Lipinski definition) is 3. The summed E-state index contributed by atoms with van der Waals surface area (Å²) in [7, 11) is 0. The maximum atomic E-state index is 12.1. The van der Waals surface area contributed by atoms with Crippen molar-refractivity contribution in [3.63, 3.8) is 0 Å². The van der Waals surface area contributed by atoms with E-state index < -0.39 is 0 Å². The number of H-pyrrole nitrogens is 1. The fourth-order valence-corrected chi connectivity index (χ4v) is 2.02. The third-order valence-corrected chi connectivity index (χ3v) is 3.02. The first-order chi connectivity index (χ1) is 9.15. The van der Waals surface area contributed by atoms with Crippen LogP contribution in [0.2, 0.25) is 0 Å². The number of amides is 1. The lowest BCUT2D eigenvalue weighted by Crippen LogP contribution is -2.33. The number of anilines is 1. The highest BCUT2D eigenvalue weighted by Gasteiger charge is 2.13. The van der Waals surface area contributed by atoms with Crippen LogP contribution >= 0.6 is 0 Å². The van der Waals surface area contributed by atoms with Crippen molar-refractivity contribution in [2.24, 2.45) is 0 Å². The van der Waals surface area contributed by atoms with Crippen molar-refractivity contribution in [3.8, 4) is 12.3 Å². The van der Waals surface area contributed by atoms with Gasteiger partial charge in [0.25, 0.3) is 5.91 Å². The molecule has 0 aliphatic carbocycles. The molecule has 1 heterocycles. The van der Waals surface area contributed by atoms with Gasteiger partial charge in [-0.25, -0.2) is 0 Å². The molecule has 0 spiro atoms. The van der Waals surface area contributed by atoms with Gasteiger partial charge in [0.05, 0.1) is 17.2 Å². The maximum absolute atomic E-state index is 12.1. The van der Waals surface area contributed by atoms with E-state index in [9.17, 15) is 4.79 Å². The van der Waals surface area contributed by atoms with Gasteiger partial charge in [-0.15, -0.1) is 6.42 Å². The smallest absolute Gasteiger partial charge is 0.268 e. The maximum Gasteiger partial charge on any atom is 0.268 e. The topological polar surface area (TPSA) is 70.9 Å². The van der Waals surface area contributed by atoms with Crippen molar-refractivity contribution in [1.29, 1.82) is 0 Å². The molecule has 0 fully saturated rings. The standard InChI is InChI=1S/C15H17N3O/c1-3-6-11(4-2)17-15(19)13-9-10-7-5-8-12(16)14(10)18-13/h2,5,7-9,11,18H,3,6,16H2,1H3,(H,17,19). The van der Waals surface area contributed by atoms with E-state index in [4.69, 9.17) is 12.2 Å². The average molecular weight is 255 g/mol. The van der Waals surface area contributed by atoms with E-state index in [1.807, 2.05) is 19.1 Å². The van der Waals surface area contributed by atoms with Gasteiger partial charge < -0.3 is 16.0 Å². The van der Waals surface area contributed by atoms with Crippen molar-refractivity contribution < 1.29 is 4.79 Å². The number of para-hydroxylation sites is 1. The van der Waals surface area contributed by atoms with E-state index in [0.717, 1.165) is 23.7 Å². The van der Waals surface area contributed by atoms with Gasteiger partial charge in [-0.05, 0) is 18.6 Å². The first-order valence-corrected chi connectivity index (χ1v) is 6.30. The minimum Gasteiger partial charge on any atom is -0.397 e. The summed E-state index contributed by atoms with van der Waals surface area (Å²) < 4.78 is 0. The molecule has 1 amide bonds. The third-order valence-electron chi connectivity index (χ3n) is 3.02. The van der Waals surface area contributed by atoms with Gasteiger partial charge in [0.2, 0.25) is 0 Å². The molecule has 4 nitrogen and oxygen atoms in total. The van der Waals surface area contributed by atoms with E-state index in [-0.39, 0.29) is 11.9 Å². The molecule has 1 atom stereocenters. The molecule has 2 aromatic rings. The summed E-state index contributed by atoms with van der Waals surface area (Å²) in [5, 5.41) is 3.73. The number of carbonyl (C=O) groups is 1. The zero-order chi connectivity index (χ0) is 13.8. The van der Waals surface area contributed by atoms with E-state index in [1.165, 1.54) is 0 Å². The lowest BCUT2D eigenvalue weighted by atomic mass is 10.2. The number of fused-ring (bicyclic) bond motifs is 1. The van der Waals surface area contributed by atoms with Crippen LogP contribution in [0.3, 0.4) is 0 Å². The van der Waals surface area contributed by atoms with Crippen LogP contribution in [0, 0.1) is 12.3 Å². The Morgan fingerprint density at radius 3 is 3.00 bits per heavy atom. The van der Waals surface area contributed by atoms with E-state index in [0.29, 0.717) is 11.4 Å². The van der Waals surface area contributed by atoms with Gasteiger partial charge in [-0.2, -0.15) is 0 Å². The predicted octanol–water partition coefficient (Wildman–Crippen LogP) is 2.28. The first-order valence-electron chi connectivity index (χ1n) is 6.30. The van der Waals surface area contributed by atoms with E-state index >= 15 is 0 Å². The third kappa shape index (κ3) is 2.71. The summed E-state index contributed by atoms with van der Waals surface area (Å²) >= 11 is 0. The zero-order valence-corrected chi connectivity index (χ0v) is 10.9. The molecule has 0 aliphatic rings. The first kappa shape index (κ1) is 13.0. The van der Waals surface area contributed by atoms with Crippen LogP contribution in [0.4, 0.5) is 5.69 Å². The molecule has 0 saturated carbocycles. The Morgan fingerprint density at radius 2 is 2.37 bits per heavy atom. The number of aromatic amines is 1. The summed E-state index contributed by atoms with van der Waals surface area (Å²) in [4.78, 5) is 15.1. The van der Waals surface area contributed by atoms with Gasteiger partial charge in [0.1, 0.15) is 5.69 Å². The predicted molar refractivity (Wildman–Crippen MR) is 77.7 cm³/mol. The molecule has 0 saturated heterocycles. The van der Waals surface area contributed by atoms with Gasteiger partial charge in [-0.3, -0.25) is 4.79 Å². The molecular weight excluding hydrogens is 238 g/mol. The number of nitrogens with one attached hydrogen (secondary N) is 2. The highest BCUT2D eigenvalue weighted by atomic mass is 16.1. The highest BCUT2D eigenvalue weighted by molar-refractivity contribution is 6.01. The Morgan fingerprint density at radius 1 is 1.58 bits per heavy atom. The Kier molecular flexibility index (Phi) is 3.76. The summed E-state index contributed by atoms with van der Waals surface area (Å²) in [6.07, 6.45) is 7.08. The minimum atomic E-state index is -0.235. The SMILES string of the molecule is C#CC(CCC)NC(=O)c1cc2cccc(N)c2[nH]1. The molecule has 0 bridgehead atoms. The summed E-state index contributed by atoms with van der Waals surface area (Å²) in [5.74, 6) is 2.38. The number of benzene rings is 1. The molecule has 1 aromatic heterocycles. The molecule has 1 unspecified atom stereocenters. The van der Waals surface area contributed by atoms with Crippen molar-refractivity contribution in [3.05, 3.63) is 30.0 Å². The van der Waals surface area contributed by atoms with Crippen LogP contribution in [0.25, 0.3) is 10.9 Å². The molecule has 2 rings (SSSR count). The quantitative estimate of drug-likeness (QED) is 0.579. The number of nitrogens with two attached hydrogens (primary N) is 1. The number of carbonyl (C=O) groups excluding carboxylic acids is 1. The molecule has 4 N–H and O–H groups in total. The molecule has 98 valence electrons. The van der Waals surface area contributed by atoms with Crippen LogP contribution in [-0.2, 0) is 0 Å². The fourth-order valence-electron chi connectivity index (χ4n) is 2.02. The van der Waals surface area contributed by atoms with Gasteiger partial charge in [0.15, 0.2) is 0 Å². The average Bonchev–Trinajstić information content (AvgIpc) is 2.83. The molecule has 0 aliphatic heterocycles. The Bertz CT molecular complexity index is 636. The van der Waals surface area contributed by atoms with Crippen molar-refractivity contribution in [2.45, 2.75) is 25.8 Å². The monoisotopic (exact) mass is 255 g/mol. The van der Waals surface area contributed by atoms with Gasteiger partial charge in [-0.1, -0.05) is 31.4 Å². The summed E-state index contributed by atoms with van der Waals surface area (Å²) in [6, 6.07) is 7.10. The number of hydrogen-bond acceptors (Lipinski definition) is 2. The second kappa shape index (κ2) is 5.49. The lowest BCUT2D eigenvalue weighted by Gasteiger charge is -2.10. The van der Waals surface area contributed by atoms with Crippen LogP contribution in [0.15, 0.2) is 24.3 Å². The van der Waals surface area contributed by atoms with Gasteiger partial charge >= 0.3 is 0 Å². The number of terminal acetylenes is 1. The second-order valence-corrected chi connectivity index (χ2v) is 4.48. The van der Waals surface area contributed by atoms with Gasteiger partial charge in [0, 0.05) is 5.39 Å². The molecule has 4 heteroatoms. The molecule has 19 heavy (non-hydrogen) atoms. The normalized spacial score (nSPS) is 12.0. The summed E-state index contributed by atoms with van der Waals surface area (Å²) in [6.45, 7) is 2.03. The van der Waals surface area contributed by atoms with Crippen LogP contribution in [0.5, 0.6) is 0 Å². The van der Waals surface area contributed by atoms with Crippen LogP contribution in [-0.4, -0.2) is 16.9 Å². The van der Waals surface area contributed by atoms with E-state index in [2.05, 4.69) is 16.2 Å². The van der Waals surface area contributed by atoms with Crippen LogP contribution in [0.1, 0.15) is 30.3 Å². The largest absolute Gasteiger partial charge is 0.397 e. The fraction of sp³-hybridized carbons (Fsp3) is 0.267. The highest BCUT2D eigenvalue weighted by Crippen LogP contribution is 2.21. The lowest BCUT2D eigenvalue weighted by molar-refractivity contribution is 0.0940. The van der Waals surface area contributed by atoms with Crippen molar-refractivity contribution in [1.82, 2.24) is 10.3 Å². The van der Waals surface area contributed by atoms with Crippen molar-refractivity contribution >= 4 is 22.5 Å². The van der Waals surface area contributed by atoms with E-state index in [1.54, 1.807) is 12.1 Å². The summed E-state index contributed by atoms with van der Waals surface area (Å²) in [5.41, 5.74) is 7.73. The molecule has 1 aromatic carbocycles. The van der Waals surface area contributed by atoms with Crippen molar-refractivity contribution in [2.75, 3.05) is 5.73 Å². The molecule has 0 radical (unpaired) electrons. The zero-order valence-electron chi connectivity index (χ0n) is 10.9. The Balaban J connectivity index is 2.22. The number of nitrogen functional groups attached to an aromatic ring is 1. The number of aromatic nitrogens is 1. The second-order valence-electron chi connectivity index (χ2n) is 4.48. The Labute approximate surface area is 112 Å².